The number of aromatic nitrogens is 2. The highest BCUT2D eigenvalue weighted by atomic mass is 16.5. The number of rotatable bonds is 3. The van der Waals surface area contributed by atoms with E-state index in [2.05, 4.69) is 48.1 Å². The Morgan fingerprint density at radius 2 is 1.78 bits per heavy atom. The summed E-state index contributed by atoms with van der Waals surface area (Å²) in [7, 11) is 1.85. The third kappa shape index (κ3) is 3.00. The Bertz CT molecular complexity index is 398. The Balaban J connectivity index is 2.16. The van der Waals surface area contributed by atoms with Crippen LogP contribution in [-0.2, 0) is 11.3 Å². The molecule has 2 rings (SSSR count). The van der Waals surface area contributed by atoms with Crippen LogP contribution in [0.3, 0.4) is 0 Å². The Labute approximate surface area is 108 Å². The minimum absolute atomic E-state index is 0.223. The molecular weight excluding hydrogens is 232 g/mol. The van der Waals surface area contributed by atoms with Crippen molar-refractivity contribution in [1.82, 2.24) is 15.5 Å². The highest BCUT2D eigenvalue weighted by Crippen LogP contribution is 2.30. The lowest BCUT2D eigenvalue weighted by molar-refractivity contribution is -0.134. The molecule has 1 fully saturated rings. The molecule has 0 aromatic carbocycles. The summed E-state index contributed by atoms with van der Waals surface area (Å²) in [4.78, 5) is 2.09. The minimum Gasteiger partial charge on any atom is -0.407 e. The van der Waals surface area contributed by atoms with Crippen LogP contribution < -0.4 is 10.2 Å². The van der Waals surface area contributed by atoms with Gasteiger partial charge in [-0.15, -0.1) is 5.10 Å². The van der Waals surface area contributed by atoms with Crippen molar-refractivity contribution in [2.45, 2.75) is 45.4 Å². The number of anilines is 1. The maximum atomic E-state index is 6.02. The molecule has 0 unspecified atom stereocenters. The van der Waals surface area contributed by atoms with Crippen LogP contribution in [0.15, 0.2) is 4.42 Å². The first-order valence-corrected chi connectivity index (χ1v) is 6.23. The lowest BCUT2D eigenvalue weighted by Gasteiger charge is -2.46. The Hall–Kier alpha value is -1.14. The van der Waals surface area contributed by atoms with E-state index in [0.717, 1.165) is 13.1 Å². The van der Waals surface area contributed by atoms with Crippen molar-refractivity contribution >= 4 is 6.01 Å². The third-order valence-corrected chi connectivity index (χ3v) is 2.75. The van der Waals surface area contributed by atoms with Gasteiger partial charge in [0, 0.05) is 0 Å². The fraction of sp³-hybridized carbons (Fsp3) is 0.833. The summed E-state index contributed by atoms with van der Waals surface area (Å²) in [5.74, 6) is 0.606. The van der Waals surface area contributed by atoms with Crippen molar-refractivity contribution in [3.63, 3.8) is 0 Å². The van der Waals surface area contributed by atoms with Crippen LogP contribution in [0.1, 0.15) is 33.6 Å². The van der Waals surface area contributed by atoms with E-state index in [1.807, 2.05) is 7.05 Å². The number of nitrogens with one attached hydrogen (secondary N) is 1. The molecule has 0 saturated carbocycles. The minimum atomic E-state index is -0.223. The average molecular weight is 254 g/mol. The van der Waals surface area contributed by atoms with Gasteiger partial charge in [0.25, 0.3) is 0 Å². The zero-order valence-corrected chi connectivity index (χ0v) is 11.8. The molecular formula is C12H22N4O2. The van der Waals surface area contributed by atoms with E-state index < -0.39 is 0 Å². The van der Waals surface area contributed by atoms with Gasteiger partial charge in [0.1, 0.15) is 0 Å². The molecule has 0 radical (unpaired) electrons. The van der Waals surface area contributed by atoms with Gasteiger partial charge in [0.2, 0.25) is 5.89 Å². The molecule has 0 atom stereocenters. The summed E-state index contributed by atoms with van der Waals surface area (Å²) in [5, 5.41) is 11.1. The van der Waals surface area contributed by atoms with Crippen LogP contribution in [0.25, 0.3) is 0 Å². The molecule has 0 amide bonds. The largest absolute Gasteiger partial charge is 0.407 e. The molecule has 1 saturated heterocycles. The Morgan fingerprint density at radius 1 is 1.17 bits per heavy atom. The number of nitrogens with zero attached hydrogens (tertiary/aromatic N) is 3. The predicted molar refractivity (Wildman–Crippen MR) is 68.5 cm³/mol. The van der Waals surface area contributed by atoms with Crippen LogP contribution >= 0.6 is 0 Å². The van der Waals surface area contributed by atoms with E-state index in [1.165, 1.54) is 0 Å². The fourth-order valence-electron chi connectivity index (χ4n) is 2.52. The fourth-order valence-corrected chi connectivity index (χ4v) is 2.52. The highest BCUT2D eigenvalue weighted by Gasteiger charge is 2.39. The Morgan fingerprint density at radius 3 is 2.33 bits per heavy atom. The van der Waals surface area contributed by atoms with Crippen LogP contribution in [0.2, 0.25) is 0 Å². The summed E-state index contributed by atoms with van der Waals surface area (Å²) in [6.07, 6.45) is 0. The molecule has 6 nitrogen and oxygen atoms in total. The number of morpholine rings is 1. The predicted octanol–water partition coefficient (Wildman–Crippen LogP) is 1.18. The van der Waals surface area contributed by atoms with E-state index >= 15 is 0 Å². The van der Waals surface area contributed by atoms with Crippen molar-refractivity contribution in [3.8, 4) is 0 Å². The standard InChI is InChI=1S/C12H22N4O2/c1-11(2)7-16(8-12(3,4)18-11)10-15-14-9(17-10)6-13-5/h13H,6-8H2,1-5H3. The monoisotopic (exact) mass is 254 g/mol. The first-order chi connectivity index (χ1) is 8.31. The zero-order chi connectivity index (χ0) is 13.4. The molecule has 2 heterocycles. The van der Waals surface area contributed by atoms with Gasteiger partial charge >= 0.3 is 6.01 Å². The van der Waals surface area contributed by atoms with Gasteiger partial charge in [-0.3, -0.25) is 0 Å². The van der Waals surface area contributed by atoms with Crippen molar-refractivity contribution in [2.24, 2.45) is 0 Å². The SMILES string of the molecule is CNCc1nnc(N2CC(C)(C)OC(C)(C)C2)o1. The van der Waals surface area contributed by atoms with Crippen molar-refractivity contribution in [1.29, 1.82) is 0 Å². The lowest BCUT2D eigenvalue weighted by Crippen LogP contribution is -2.57. The topological polar surface area (TPSA) is 63.4 Å². The molecule has 1 aliphatic rings. The molecule has 18 heavy (non-hydrogen) atoms. The Kier molecular flexibility index (Phi) is 3.33. The summed E-state index contributed by atoms with van der Waals surface area (Å²) >= 11 is 0. The van der Waals surface area contributed by atoms with Crippen LogP contribution in [0, 0.1) is 0 Å². The van der Waals surface area contributed by atoms with Gasteiger partial charge < -0.3 is 19.4 Å². The first kappa shape index (κ1) is 13.3. The van der Waals surface area contributed by atoms with Gasteiger partial charge in [-0.2, -0.15) is 0 Å². The molecule has 1 aliphatic heterocycles. The molecule has 0 bridgehead atoms. The quantitative estimate of drug-likeness (QED) is 0.874. The van der Waals surface area contributed by atoms with Gasteiger partial charge in [-0.1, -0.05) is 5.10 Å². The average Bonchev–Trinajstić information content (AvgIpc) is 2.62. The van der Waals surface area contributed by atoms with E-state index in [4.69, 9.17) is 9.15 Å². The van der Waals surface area contributed by atoms with Crippen molar-refractivity contribution in [2.75, 3.05) is 25.0 Å². The van der Waals surface area contributed by atoms with Crippen LogP contribution in [0.4, 0.5) is 6.01 Å². The number of hydrogen-bond donors (Lipinski definition) is 1. The second-order valence-electron chi connectivity index (χ2n) is 5.99. The van der Waals surface area contributed by atoms with Gasteiger partial charge in [0.05, 0.1) is 30.8 Å². The maximum Gasteiger partial charge on any atom is 0.318 e. The molecule has 0 aliphatic carbocycles. The van der Waals surface area contributed by atoms with E-state index in [9.17, 15) is 0 Å². The van der Waals surface area contributed by atoms with Crippen molar-refractivity contribution in [3.05, 3.63) is 5.89 Å². The number of ether oxygens (including phenoxy) is 1. The van der Waals surface area contributed by atoms with E-state index in [1.54, 1.807) is 0 Å². The summed E-state index contributed by atoms with van der Waals surface area (Å²) in [6, 6.07) is 0.574. The summed E-state index contributed by atoms with van der Waals surface area (Å²) in [6.45, 7) is 10.4. The molecule has 102 valence electrons. The highest BCUT2D eigenvalue weighted by molar-refractivity contribution is 5.28. The van der Waals surface area contributed by atoms with Crippen LogP contribution in [0.5, 0.6) is 0 Å². The number of hydrogen-bond acceptors (Lipinski definition) is 6. The van der Waals surface area contributed by atoms with Gasteiger partial charge in [0.15, 0.2) is 0 Å². The van der Waals surface area contributed by atoms with Gasteiger partial charge in [-0.25, -0.2) is 0 Å². The van der Waals surface area contributed by atoms with Gasteiger partial charge in [-0.05, 0) is 34.7 Å². The molecule has 1 aromatic rings. The third-order valence-electron chi connectivity index (χ3n) is 2.75. The molecule has 6 heteroatoms. The smallest absolute Gasteiger partial charge is 0.318 e. The maximum absolute atomic E-state index is 6.02. The molecule has 0 spiro atoms. The summed E-state index contributed by atoms with van der Waals surface area (Å²) < 4.78 is 11.7. The molecule has 1 N–H and O–H groups in total. The van der Waals surface area contributed by atoms with E-state index in [0.29, 0.717) is 18.5 Å². The lowest BCUT2D eigenvalue weighted by atomic mass is 9.99. The van der Waals surface area contributed by atoms with Crippen LogP contribution in [-0.4, -0.2) is 41.5 Å². The molecule has 1 aromatic heterocycles. The van der Waals surface area contributed by atoms with E-state index in [-0.39, 0.29) is 11.2 Å². The second kappa shape index (κ2) is 4.51. The van der Waals surface area contributed by atoms with Crippen molar-refractivity contribution < 1.29 is 9.15 Å². The second-order valence-corrected chi connectivity index (χ2v) is 5.99. The normalized spacial score (nSPS) is 22.2. The summed E-state index contributed by atoms with van der Waals surface area (Å²) in [5.41, 5.74) is -0.446. The zero-order valence-electron chi connectivity index (χ0n) is 11.8. The first-order valence-electron chi connectivity index (χ1n) is 6.23.